The van der Waals surface area contributed by atoms with E-state index in [1.807, 2.05) is 0 Å². The van der Waals surface area contributed by atoms with Gasteiger partial charge in [0.15, 0.2) is 6.10 Å². The number of allylic oxidation sites excluding steroid dienone is 4. The maximum Gasteiger partial charge on any atom is 0.306 e. The van der Waals surface area contributed by atoms with Crippen LogP contribution in [-0.2, 0) is 28.6 Å². The molecule has 0 aliphatic heterocycles. The maximum atomic E-state index is 12.8. The fourth-order valence-corrected chi connectivity index (χ4v) is 7.24. The average Bonchev–Trinajstić information content (AvgIpc) is 3.18. The van der Waals surface area contributed by atoms with Gasteiger partial charge in [0, 0.05) is 19.3 Å². The van der Waals surface area contributed by atoms with Crippen molar-refractivity contribution in [2.24, 2.45) is 0 Å². The molecule has 0 aliphatic rings. The minimum Gasteiger partial charge on any atom is -0.544 e. The topological polar surface area (TPSA) is 102 Å². The van der Waals surface area contributed by atoms with Crippen molar-refractivity contribution in [3.63, 3.8) is 0 Å². The molecule has 0 amide bonds. The van der Waals surface area contributed by atoms with Crippen molar-refractivity contribution in [1.29, 1.82) is 0 Å². The van der Waals surface area contributed by atoms with Gasteiger partial charge in [-0.25, -0.2) is 0 Å². The number of hydrogen-bond donors (Lipinski definition) is 0. The quantitative estimate of drug-likeness (QED) is 0.0261. The average molecular weight is 820 g/mol. The number of hydrogen-bond acceptors (Lipinski definition) is 7. The molecule has 0 aromatic carbocycles. The van der Waals surface area contributed by atoms with E-state index in [0.29, 0.717) is 12.8 Å². The smallest absolute Gasteiger partial charge is 0.306 e. The molecule has 0 aromatic rings. The van der Waals surface area contributed by atoms with Crippen molar-refractivity contribution < 1.29 is 38.2 Å². The molecule has 0 rings (SSSR count). The Labute approximate surface area is 358 Å². The normalized spacial score (nSPS) is 13.1. The Hall–Kier alpha value is -2.19. The molecule has 0 aliphatic carbocycles. The minimum absolute atomic E-state index is 0.0405. The van der Waals surface area contributed by atoms with Crippen molar-refractivity contribution in [3.05, 3.63) is 24.3 Å². The van der Waals surface area contributed by atoms with Crippen LogP contribution in [0.4, 0.5) is 0 Å². The van der Waals surface area contributed by atoms with E-state index in [1.54, 1.807) is 21.1 Å². The summed E-state index contributed by atoms with van der Waals surface area (Å²) < 4.78 is 17.2. The van der Waals surface area contributed by atoms with Crippen LogP contribution in [0.15, 0.2) is 24.3 Å². The summed E-state index contributed by atoms with van der Waals surface area (Å²) in [7, 11) is 5.41. The molecule has 0 aromatic heterocycles. The molecule has 8 nitrogen and oxygen atoms in total. The van der Waals surface area contributed by atoms with Gasteiger partial charge in [0.2, 0.25) is 0 Å². The van der Waals surface area contributed by atoms with Crippen LogP contribution >= 0.6 is 0 Å². The molecule has 0 saturated heterocycles. The van der Waals surface area contributed by atoms with Crippen molar-refractivity contribution in [1.82, 2.24) is 0 Å². The summed E-state index contributed by atoms with van der Waals surface area (Å²) in [5.41, 5.74) is 0. The first-order chi connectivity index (χ1) is 28.1. The van der Waals surface area contributed by atoms with Gasteiger partial charge in [-0.3, -0.25) is 9.59 Å². The second kappa shape index (κ2) is 41.5. The second-order valence-electron chi connectivity index (χ2n) is 17.7. The molecule has 0 spiro atoms. The van der Waals surface area contributed by atoms with Crippen LogP contribution in [0.25, 0.3) is 0 Å². The Bertz CT molecular complexity index is 1000. The van der Waals surface area contributed by atoms with Gasteiger partial charge < -0.3 is 28.6 Å². The van der Waals surface area contributed by atoms with E-state index in [9.17, 15) is 19.5 Å². The minimum atomic E-state index is -1.12. The largest absolute Gasteiger partial charge is 0.544 e. The zero-order chi connectivity index (χ0) is 42.8. The lowest BCUT2D eigenvalue weighted by Crippen LogP contribution is -2.55. The summed E-state index contributed by atoms with van der Waals surface area (Å²) in [6.45, 7) is 4.67. The fraction of sp³-hybridized carbons (Fsp3) is 0.860. The first-order valence-electron chi connectivity index (χ1n) is 24.4. The van der Waals surface area contributed by atoms with Crippen LogP contribution in [0.3, 0.4) is 0 Å². The molecule has 0 saturated carbocycles. The SMILES string of the molecule is CCCCCCCC/C=C\CCCCCCCCCCCC(=O)OC(COCCC(C(=O)[O-])[N+](C)(C)C)COC(=O)CCCCCCC/C=C\CCCCCCCC. The number of ether oxygens (including phenoxy) is 3. The number of carboxylic acids is 1. The number of likely N-dealkylation sites (N-methyl/N-ethyl adjacent to an activating group) is 1. The second-order valence-corrected chi connectivity index (χ2v) is 17.7. The first-order valence-corrected chi connectivity index (χ1v) is 24.4. The molecule has 0 fully saturated rings. The van der Waals surface area contributed by atoms with Crippen LogP contribution < -0.4 is 5.11 Å². The van der Waals surface area contributed by atoms with E-state index in [0.717, 1.165) is 51.4 Å². The zero-order valence-corrected chi connectivity index (χ0v) is 38.7. The highest BCUT2D eigenvalue weighted by Crippen LogP contribution is 2.15. The third kappa shape index (κ3) is 39.3. The lowest BCUT2D eigenvalue weighted by molar-refractivity contribution is -0.889. The van der Waals surface area contributed by atoms with Gasteiger partial charge in [0.25, 0.3) is 0 Å². The maximum absolute atomic E-state index is 12.8. The van der Waals surface area contributed by atoms with E-state index in [2.05, 4.69) is 38.2 Å². The molecular formula is C50H93NO7. The van der Waals surface area contributed by atoms with Crippen LogP contribution in [-0.4, -0.2) is 75.5 Å². The number of unbranched alkanes of at least 4 members (excludes halogenated alkanes) is 26. The summed E-state index contributed by atoms with van der Waals surface area (Å²) in [6, 6.07) is -0.725. The fourth-order valence-electron chi connectivity index (χ4n) is 7.24. The molecule has 58 heavy (non-hydrogen) atoms. The third-order valence-corrected chi connectivity index (χ3v) is 11.1. The van der Waals surface area contributed by atoms with Crippen LogP contribution in [0.2, 0.25) is 0 Å². The van der Waals surface area contributed by atoms with Crippen molar-refractivity contribution >= 4 is 17.9 Å². The van der Waals surface area contributed by atoms with E-state index < -0.39 is 18.1 Å². The van der Waals surface area contributed by atoms with Crippen molar-refractivity contribution in [3.8, 4) is 0 Å². The van der Waals surface area contributed by atoms with Gasteiger partial charge in [-0.15, -0.1) is 0 Å². The number of rotatable bonds is 44. The number of aliphatic carboxylic acids is 1. The van der Waals surface area contributed by atoms with E-state index in [-0.39, 0.29) is 42.7 Å². The first kappa shape index (κ1) is 55.8. The summed E-state index contributed by atoms with van der Waals surface area (Å²) in [4.78, 5) is 36.9. The summed E-state index contributed by atoms with van der Waals surface area (Å²) in [6.07, 6.45) is 46.3. The number of esters is 2. The summed E-state index contributed by atoms with van der Waals surface area (Å²) >= 11 is 0. The number of quaternary nitrogens is 1. The van der Waals surface area contributed by atoms with Gasteiger partial charge in [-0.1, -0.05) is 167 Å². The highest BCUT2D eigenvalue weighted by atomic mass is 16.6. The molecular weight excluding hydrogens is 727 g/mol. The predicted octanol–water partition coefficient (Wildman–Crippen LogP) is 12.3. The number of carbonyl (C=O) groups excluding carboxylic acids is 3. The summed E-state index contributed by atoms with van der Waals surface area (Å²) in [5, 5.41) is 11.6. The van der Waals surface area contributed by atoms with Crippen molar-refractivity contribution in [2.45, 2.75) is 238 Å². The lowest BCUT2D eigenvalue weighted by Gasteiger charge is -2.34. The van der Waals surface area contributed by atoms with Gasteiger partial charge in [-0.2, -0.15) is 0 Å². The molecule has 0 bridgehead atoms. The summed E-state index contributed by atoms with van der Waals surface area (Å²) in [5.74, 6) is -1.74. The molecule has 0 heterocycles. The van der Waals surface area contributed by atoms with E-state index in [1.165, 1.54) is 141 Å². The monoisotopic (exact) mass is 820 g/mol. The molecule has 0 N–H and O–H groups in total. The number of carboxylic acid groups (broad SMARTS) is 1. The Morgan fingerprint density at radius 2 is 0.862 bits per heavy atom. The van der Waals surface area contributed by atoms with Gasteiger partial charge >= 0.3 is 11.9 Å². The molecule has 8 heteroatoms. The van der Waals surface area contributed by atoms with Crippen LogP contribution in [0, 0.1) is 0 Å². The van der Waals surface area contributed by atoms with Crippen molar-refractivity contribution in [2.75, 3.05) is 41.0 Å². The highest BCUT2D eigenvalue weighted by Gasteiger charge is 2.25. The molecule has 2 unspecified atom stereocenters. The van der Waals surface area contributed by atoms with Crippen LogP contribution in [0.5, 0.6) is 0 Å². The van der Waals surface area contributed by atoms with E-state index >= 15 is 0 Å². The van der Waals surface area contributed by atoms with Gasteiger partial charge in [0.05, 0.1) is 40.3 Å². The molecule has 2 atom stereocenters. The standard InChI is InChI=1S/C50H93NO7/c1-6-8-10-12-14-16-18-20-22-23-24-25-27-29-31-33-35-37-39-41-49(53)58-46(44-56-43-42-47(50(54)55)51(3,4)5)45-57-48(52)40-38-36-34-32-30-28-26-21-19-17-15-13-11-9-7-2/h20-22,26,46-47H,6-19,23-25,27-45H2,1-5H3/b22-20-,26-21-. The van der Waals surface area contributed by atoms with Crippen LogP contribution in [0.1, 0.15) is 226 Å². The highest BCUT2D eigenvalue weighted by molar-refractivity contribution is 5.70. The third-order valence-electron chi connectivity index (χ3n) is 11.1. The number of nitrogens with zero attached hydrogens (tertiary/aromatic N) is 1. The van der Waals surface area contributed by atoms with Gasteiger partial charge in [0.1, 0.15) is 12.6 Å². The Morgan fingerprint density at radius 3 is 1.24 bits per heavy atom. The predicted molar refractivity (Wildman–Crippen MR) is 240 cm³/mol. The lowest BCUT2D eigenvalue weighted by atomic mass is 10.1. The molecule has 340 valence electrons. The Kier molecular flexibility index (Phi) is 40.0. The number of carbonyl (C=O) groups is 3. The zero-order valence-electron chi connectivity index (χ0n) is 38.7. The molecule has 0 radical (unpaired) electrons. The Morgan fingerprint density at radius 1 is 0.500 bits per heavy atom. The van der Waals surface area contributed by atoms with E-state index in [4.69, 9.17) is 14.2 Å². The van der Waals surface area contributed by atoms with Gasteiger partial charge in [-0.05, 0) is 64.2 Å². The Balaban J connectivity index is 4.27.